The molecule has 0 bridgehead atoms. The molecular formula is C13H24N2O2S. The summed E-state index contributed by atoms with van der Waals surface area (Å²) in [6.45, 7) is 8.51. The predicted molar refractivity (Wildman–Crippen MR) is 75.0 cm³/mol. The molecule has 0 aromatic heterocycles. The van der Waals surface area contributed by atoms with Crippen LogP contribution in [-0.2, 0) is 9.53 Å². The molecule has 2 fully saturated rings. The van der Waals surface area contributed by atoms with Gasteiger partial charge in [0.2, 0.25) is 0 Å². The van der Waals surface area contributed by atoms with Crippen molar-refractivity contribution in [2.24, 2.45) is 0 Å². The Hall–Kier alpha value is -0.260. The van der Waals surface area contributed by atoms with Gasteiger partial charge >= 0.3 is 5.97 Å². The summed E-state index contributed by atoms with van der Waals surface area (Å²) in [5.74, 6) is 1.05. The molecule has 0 spiro atoms. The average Bonchev–Trinajstić information content (AvgIpc) is 2.59. The maximum absolute atomic E-state index is 12.5. The van der Waals surface area contributed by atoms with Crippen molar-refractivity contribution in [2.75, 3.05) is 38.5 Å². The molecule has 1 N–H and O–H groups in total. The lowest BCUT2D eigenvalue weighted by Gasteiger charge is -2.41. The monoisotopic (exact) mass is 272 g/mol. The Bertz CT molecular complexity index is 293. The van der Waals surface area contributed by atoms with Crippen molar-refractivity contribution < 1.29 is 9.53 Å². The number of hydrogen-bond acceptors (Lipinski definition) is 5. The van der Waals surface area contributed by atoms with Gasteiger partial charge in [-0.05, 0) is 32.1 Å². The van der Waals surface area contributed by atoms with E-state index in [2.05, 4.69) is 17.1 Å². The maximum atomic E-state index is 12.5. The van der Waals surface area contributed by atoms with Gasteiger partial charge in [-0.3, -0.25) is 4.90 Å². The van der Waals surface area contributed by atoms with Gasteiger partial charge in [-0.2, -0.15) is 11.8 Å². The Kier molecular flexibility index (Phi) is 4.92. The third-order valence-electron chi connectivity index (χ3n) is 4.06. The van der Waals surface area contributed by atoms with Crippen LogP contribution in [0.3, 0.4) is 0 Å². The third kappa shape index (κ3) is 2.53. The fraction of sp³-hybridized carbons (Fsp3) is 0.923. The van der Waals surface area contributed by atoms with E-state index < -0.39 is 0 Å². The summed E-state index contributed by atoms with van der Waals surface area (Å²) in [6.07, 6.45) is 2.04. The van der Waals surface area contributed by atoms with E-state index in [1.165, 1.54) is 0 Å². The number of carbonyl (C=O) groups excluding carboxylic acids is 1. The molecule has 2 saturated heterocycles. The van der Waals surface area contributed by atoms with Crippen LogP contribution in [0.4, 0.5) is 0 Å². The second kappa shape index (κ2) is 6.26. The van der Waals surface area contributed by atoms with E-state index in [4.69, 9.17) is 4.74 Å². The van der Waals surface area contributed by atoms with Crippen LogP contribution < -0.4 is 5.32 Å². The van der Waals surface area contributed by atoms with E-state index >= 15 is 0 Å². The molecule has 2 unspecified atom stereocenters. The van der Waals surface area contributed by atoms with E-state index in [1.54, 1.807) is 0 Å². The molecule has 2 heterocycles. The fourth-order valence-corrected chi connectivity index (χ4v) is 4.47. The van der Waals surface area contributed by atoms with Gasteiger partial charge in [0.1, 0.15) is 5.54 Å². The van der Waals surface area contributed by atoms with Crippen molar-refractivity contribution in [3.8, 4) is 0 Å². The first kappa shape index (κ1) is 14.2. The molecule has 0 aromatic carbocycles. The molecule has 0 aromatic rings. The highest BCUT2D eigenvalue weighted by Gasteiger charge is 2.52. The molecule has 2 aliphatic rings. The van der Waals surface area contributed by atoms with Crippen LogP contribution in [0.2, 0.25) is 0 Å². The SMILES string of the molecule is CCOC(=O)C1(N2CCCNCC2)CCSC1C. The molecule has 0 amide bonds. The second-order valence-electron chi connectivity index (χ2n) is 5.00. The predicted octanol–water partition coefficient (Wildman–Crippen LogP) is 1.11. The van der Waals surface area contributed by atoms with Crippen molar-refractivity contribution in [1.82, 2.24) is 10.2 Å². The topological polar surface area (TPSA) is 41.6 Å². The zero-order chi connectivity index (χ0) is 13.0. The van der Waals surface area contributed by atoms with Gasteiger partial charge in [-0.1, -0.05) is 6.92 Å². The smallest absolute Gasteiger partial charge is 0.327 e. The summed E-state index contributed by atoms with van der Waals surface area (Å²) in [4.78, 5) is 14.9. The number of nitrogens with one attached hydrogen (secondary N) is 1. The van der Waals surface area contributed by atoms with Gasteiger partial charge in [-0.25, -0.2) is 4.79 Å². The molecular weight excluding hydrogens is 248 g/mol. The quantitative estimate of drug-likeness (QED) is 0.780. The van der Waals surface area contributed by atoms with Crippen LogP contribution in [0.25, 0.3) is 0 Å². The number of nitrogens with zero attached hydrogens (tertiary/aromatic N) is 1. The lowest BCUT2D eigenvalue weighted by Crippen LogP contribution is -2.59. The molecule has 2 atom stereocenters. The standard InChI is InChI=1S/C13H24N2O2S/c1-3-17-12(16)13(5-10-18-11(13)2)15-8-4-6-14-7-9-15/h11,14H,3-10H2,1-2H3. The highest BCUT2D eigenvalue weighted by atomic mass is 32.2. The van der Waals surface area contributed by atoms with E-state index in [0.29, 0.717) is 11.9 Å². The van der Waals surface area contributed by atoms with Crippen LogP contribution >= 0.6 is 11.8 Å². The van der Waals surface area contributed by atoms with Gasteiger partial charge in [0.05, 0.1) is 6.61 Å². The summed E-state index contributed by atoms with van der Waals surface area (Å²) in [6, 6.07) is 0. The van der Waals surface area contributed by atoms with Gasteiger partial charge in [-0.15, -0.1) is 0 Å². The highest BCUT2D eigenvalue weighted by molar-refractivity contribution is 8.00. The molecule has 18 heavy (non-hydrogen) atoms. The summed E-state index contributed by atoms with van der Waals surface area (Å²) < 4.78 is 5.38. The minimum Gasteiger partial charge on any atom is -0.465 e. The Morgan fingerprint density at radius 2 is 2.33 bits per heavy atom. The largest absolute Gasteiger partial charge is 0.465 e. The molecule has 2 aliphatic heterocycles. The van der Waals surface area contributed by atoms with E-state index in [9.17, 15) is 4.79 Å². The minimum atomic E-state index is -0.382. The van der Waals surface area contributed by atoms with Crippen molar-refractivity contribution in [3.05, 3.63) is 0 Å². The number of rotatable bonds is 3. The van der Waals surface area contributed by atoms with Crippen molar-refractivity contribution in [2.45, 2.75) is 37.5 Å². The van der Waals surface area contributed by atoms with Gasteiger partial charge in [0, 0.05) is 24.9 Å². The van der Waals surface area contributed by atoms with Gasteiger partial charge in [0.15, 0.2) is 0 Å². The maximum Gasteiger partial charge on any atom is 0.327 e. The first-order chi connectivity index (χ1) is 8.71. The number of carbonyl (C=O) groups is 1. The minimum absolute atomic E-state index is 0.00981. The van der Waals surface area contributed by atoms with E-state index in [1.807, 2.05) is 18.7 Å². The van der Waals surface area contributed by atoms with Gasteiger partial charge < -0.3 is 10.1 Å². The molecule has 4 nitrogen and oxygen atoms in total. The number of thioether (sulfide) groups is 1. The van der Waals surface area contributed by atoms with Crippen LogP contribution in [-0.4, -0.2) is 60.2 Å². The Labute approximate surface area is 114 Å². The Morgan fingerprint density at radius 3 is 3.00 bits per heavy atom. The Morgan fingerprint density at radius 1 is 1.50 bits per heavy atom. The van der Waals surface area contributed by atoms with Crippen LogP contribution in [0.1, 0.15) is 26.7 Å². The van der Waals surface area contributed by atoms with Crippen LogP contribution in [0, 0.1) is 0 Å². The molecule has 5 heteroatoms. The second-order valence-corrected chi connectivity index (χ2v) is 6.45. The summed E-state index contributed by atoms with van der Waals surface area (Å²) in [5, 5.41) is 3.73. The number of esters is 1. The van der Waals surface area contributed by atoms with Crippen molar-refractivity contribution >= 4 is 17.7 Å². The summed E-state index contributed by atoms with van der Waals surface area (Å²) in [5.41, 5.74) is -0.382. The number of hydrogen-bond donors (Lipinski definition) is 1. The number of ether oxygens (including phenoxy) is 1. The molecule has 0 aliphatic carbocycles. The third-order valence-corrected chi connectivity index (χ3v) is 5.39. The van der Waals surface area contributed by atoms with Crippen molar-refractivity contribution in [3.63, 3.8) is 0 Å². The van der Waals surface area contributed by atoms with E-state index in [-0.39, 0.29) is 11.5 Å². The lowest BCUT2D eigenvalue weighted by molar-refractivity contribution is -0.157. The first-order valence-corrected chi connectivity index (χ1v) is 8.01. The van der Waals surface area contributed by atoms with Crippen LogP contribution in [0.15, 0.2) is 0 Å². The van der Waals surface area contributed by atoms with E-state index in [0.717, 1.165) is 44.8 Å². The molecule has 0 radical (unpaired) electrons. The van der Waals surface area contributed by atoms with Crippen molar-refractivity contribution in [1.29, 1.82) is 0 Å². The Balaban J connectivity index is 2.20. The normalized spacial score (nSPS) is 34.2. The average molecular weight is 272 g/mol. The first-order valence-electron chi connectivity index (χ1n) is 6.96. The molecule has 104 valence electrons. The zero-order valence-corrected chi connectivity index (χ0v) is 12.2. The van der Waals surface area contributed by atoms with Crippen LogP contribution in [0.5, 0.6) is 0 Å². The summed E-state index contributed by atoms with van der Waals surface area (Å²) >= 11 is 1.90. The lowest BCUT2D eigenvalue weighted by atomic mass is 9.90. The fourth-order valence-electron chi connectivity index (χ4n) is 3.05. The molecule has 0 saturated carbocycles. The molecule has 2 rings (SSSR count). The zero-order valence-electron chi connectivity index (χ0n) is 11.4. The highest BCUT2D eigenvalue weighted by Crippen LogP contribution is 2.41. The van der Waals surface area contributed by atoms with Gasteiger partial charge in [0.25, 0.3) is 0 Å². The summed E-state index contributed by atoms with van der Waals surface area (Å²) in [7, 11) is 0.